The molecule has 1 fully saturated rings. The highest BCUT2D eigenvalue weighted by Gasteiger charge is 2.47. The second-order valence-electron chi connectivity index (χ2n) is 8.15. The van der Waals surface area contributed by atoms with Gasteiger partial charge in [-0.05, 0) is 25.5 Å². The highest BCUT2D eigenvalue weighted by molar-refractivity contribution is 6.26. The van der Waals surface area contributed by atoms with Crippen molar-refractivity contribution in [3.05, 3.63) is 39.7 Å². The SMILES string of the molecule is COC1=C(C)C(=O)c2c(cc(OCCN(CCO)CCO)c3c2CC2OC(C)OC32)C1=O. The van der Waals surface area contributed by atoms with Gasteiger partial charge in [0, 0.05) is 48.3 Å². The van der Waals surface area contributed by atoms with Crippen LogP contribution in [0.25, 0.3) is 0 Å². The lowest BCUT2D eigenvalue weighted by molar-refractivity contribution is -0.0534. The van der Waals surface area contributed by atoms with Crippen molar-refractivity contribution in [3.8, 4) is 5.75 Å². The van der Waals surface area contributed by atoms with E-state index in [2.05, 4.69) is 0 Å². The Hall–Kier alpha value is -2.30. The second kappa shape index (κ2) is 9.29. The molecule has 9 heteroatoms. The number of carbonyl (C=O) groups is 2. The number of methoxy groups -OCH3 is 1. The number of aliphatic hydroxyl groups is 2. The molecule has 32 heavy (non-hydrogen) atoms. The van der Waals surface area contributed by atoms with Crippen LogP contribution in [0.2, 0.25) is 0 Å². The molecule has 0 bridgehead atoms. The Morgan fingerprint density at radius 3 is 2.50 bits per heavy atom. The van der Waals surface area contributed by atoms with E-state index in [0.29, 0.717) is 37.4 Å². The summed E-state index contributed by atoms with van der Waals surface area (Å²) in [5, 5.41) is 18.4. The molecule has 3 unspecified atom stereocenters. The number of nitrogens with zero attached hydrogens (tertiary/aromatic N) is 1. The molecule has 0 spiro atoms. The van der Waals surface area contributed by atoms with Gasteiger partial charge in [0.1, 0.15) is 18.5 Å². The third-order valence-electron chi connectivity index (χ3n) is 6.23. The second-order valence-corrected chi connectivity index (χ2v) is 8.15. The molecule has 1 saturated heterocycles. The van der Waals surface area contributed by atoms with Gasteiger partial charge in [-0.1, -0.05) is 0 Å². The number of aliphatic hydroxyl groups excluding tert-OH is 2. The van der Waals surface area contributed by atoms with E-state index < -0.39 is 0 Å². The van der Waals surface area contributed by atoms with Crippen molar-refractivity contribution >= 4 is 11.6 Å². The molecule has 0 radical (unpaired) electrons. The summed E-state index contributed by atoms with van der Waals surface area (Å²) in [4.78, 5) is 28.1. The molecule has 1 aromatic rings. The Bertz CT molecular complexity index is 950. The van der Waals surface area contributed by atoms with Crippen LogP contribution in [0.15, 0.2) is 17.4 Å². The number of ether oxygens (including phenoxy) is 4. The predicted octanol–water partition coefficient (Wildman–Crippen LogP) is 1.01. The van der Waals surface area contributed by atoms with Gasteiger partial charge in [0.2, 0.25) is 5.78 Å². The molecule has 3 aliphatic rings. The molecule has 1 aromatic carbocycles. The van der Waals surface area contributed by atoms with Gasteiger partial charge < -0.3 is 29.2 Å². The summed E-state index contributed by atoms with van der Waals surface area (Å²) in [6.07, 6.45) is -0.530. The largest absolute Gasteiger partial charge is 0.492 e. The van der Waals surface area contributed by atoms with Crippen LogP contribution in [-0.4, -0.2) is 85.6 Å². The fourth-order valence-electron chi connectivity index (χ4n) is 4.79. The van der Waals surface area contributed by atoms with E-state index in [-0.39, 0.29) is 66.8 Å². The maximum atomic E-state index is 13.2. The average molecular weight is 447 g/mol. The summed E-state index contributed by atoms with van der Waals surface area (Å²) >= 11 is 0. The maximum Gasteiger partial charge on any atom is 0.228 e. The first-order chi connectivity index (χ1) is 15.4. The quantitative estimate of drug-likeness (QED) is 0.572. The number of allylic oxidation sites excluding steroid dienone is 2. The number of benzene rings is 1. The van der Waals surface area contributed by atoms with Gasteiger partial charge in [0.15, 0.2) is 17.8 Å². The molecule has 174 valence electrons. The number of rotatable bonds is 9. The molecule has 0 saturated carbocycles. The fourth-order valence-corrected chi connectivity index (χ4v) is 4.79. The van der Waals surface area contributed by atoms with Crippen molar-refractivity contribution in [1.82, 2.24) is 4.90 Å². The lowest BCUT2D eigenvalue weighted by Crippen LogP contribution is -2.33. The fraction of sp³-hybridized carbons (Fsp3) is 0.565. The minimum absolute atomic E-state index is 0.0246. The van der Waals surface area contributed by atoms with Crippen molar-refractivity contribution in [2.75, 3.05) is 46.6 Å². The Morgan fingerprint density at radius 2 is 1.84 bits per heavy atom. The Morgan fingerprint density at radius 1 is 1.12 bits per heavy atom. The lowest BCUT2D eigenvalue weighted by Gasteiger charge is -2.25. The minimum atomic E-state index is -0.373. The van der Waals surface area contributed by atoms with E-state index in [1.54, 1.807) is 13.0 Å². The third kappa shape index (κ3) is 3.84. The van der Waals surface area contributed by atoms with E-state index in [1.807, 2.05) is 11.8 Å². The molecule has 2 aliphatic carbocycles. The number of hydrogen-bond acceptors (Lipinski definition) is 9. The molecule has 1 heterocycles. The summed E-state index contributed by atoms with van der Waals surface area (Å²) in [6.45, 7) is 4.95. The molecule has 9 nitrogen and oxygen atoms in total. The van der Waals surface area contributed by atoms with Crippen molar-refractivity contribution < 1.29 is 38.7 Å². The summed E-state index contributed by atoms with van der Waals surface area (Å²) < 4.78 is 23.2. The molecular weight excluding hydrogens is 418 g/mol. The van der Waals surface area contributed by atoms with E-state index in [1.165, 1.54) is 7.11 Å². The highest BCUT2D eigenvalue weighted by atomic mass is 16.7. The van der Waals surface area contributed by atoms with Gasteiger partial charge in [0.25, 0.3) is 0 Å². The topological polar surface area (TPSA) is 115 Å². The van der Waals surface area contributed by atoms with Gasteiger partial charge in [-0.2, -0.15) is 0 Å². The van der Waals surface area contributed by atoms with Crippen molar-refractivity contribution in [2.45, 2.75) is 38.8 Å². The van der Waals surface area contributed by atoms with Gasteiger partial charge in [-0.15, -0.1) is 0 Å². The number of carbonyl (C=O) groups excluding carboxylic acids is 2. The lowest BCUT2D eigenvalue weighted by atomic mass is 9.83. The number of Topliss-reactive ketones (excluding diaryl/α,β-unsaturated/α-hetero) is 2. The zero-order valence-electron chi connectivity index (χ0n) is 18.6. The Labute approximate surface area is 186 Å². The van der Waals surface area contributed by atoms with E-state index in [4.69, 9.17) is 18.9 Å². The Kier molecular flexibility index (Phi) is 6.64. The first-order valence-electron chi connectivity index (χ1n) is 10.8. The van der Waals surface area contributed by atoms with E-state index in [9.17, 15) is 19.8 Å². The molecule has 0 amide bonds. The normalized spacial score (nSPS) is 24.1. The summed E-state index contributed by atoms with van der Waals surface area (Å²) in [5.41, 5.74) is 2.42. The Balaban J connectivity index is 1.71. The average Bonchev–Trinajstić information content (AvgIpc) is 3.28. The van der Waals surface area contributed by atoms with Crippen molar-refractivity contribution in [2.24, 2.45) is 0 Å². The van der Waals surface area contributed by atoms with Crippen molar-refractivity contribution in [3.63, 3.8) is 0 Å². The highest BCUT2D eigenvalue weighted by Crippen LogP contribution is 2.49. The minimum Gasteiger partial charge on any atom is -0.492 e. The van der Waals surface area contributed by atoms with Gasteiger partial charge >= 0.3 is 0 Å². The van der Waals surface area contributed by atoms with Crippen LogP contribution in [0.4, 0.5) is 0 Å². The summed E-state index contributed by atoms with van der Waals surface area (Å²) in [7, 11) is 1.38. The maximum absolute atomic E-state index is 13.2. The molecule has 2 N–H and O–H groups in total. The van der Waals surface area contributed by atoms with Crippen molar-refractivity contribution in [1.29, 1.82) is 0 Å². The monoisotopic (exact) mass is 447 g/mol. The van der Waals surface area contributed by atoms with Crippen LogP contribution >= 0.6 is 0 Å². The van der Waals surface area contributed by atoms with Crippen LogP contribution in [0, 0.1) is 0 Å². The molecule has 1 aliphatic heterocycles. The smallest absolute Gasteiger partial charge is 0.228 e. The molecule has 3 atom stereocenters. The van der Waals surface area contributed by atoms with Crippen LogP contribution in [0.3, 0.4) is 0 Å². The van der Waals surface area contributed by atoms with Crippen LogP contribution in [-0.2, 0) is 20.6 Å². The van der Waals surface area contributed by atoms with Crippen LogP contribution in [0.5, 0.6) is 5.75 Å². The molecule has 0 aromatic heterocycles. The van der Waals surface area contributed by atoms with Gasteiger partial charge in [0.05, 0.1) is 26.4 Å². The van der Waals surface area contributed by atoms with Gasteiger partial charge in [-0.3, -0.25) is 14.5 Å². The molecular formula is C23H29NO8. The van der Waals surface area contributed by atoms with E-state index in [0.717, 1.165) is 11.1 Å². The zero-order valence-corrected chi connectivity index (χ0v) is 18.6. The number of fused-ring (bicyclic) bond motifs is 5. The first kappa shape index (κ1) is 22.9. The van der Waals surface area contributed by atoms with Crippen LogP contribution < -0.4 is 4.74 Å². The first-order valence-corrected chi connectivity index (χ1v) is 10.8. The zero-order chi connectivity index (χ0) is 23.0. The summed E-state index contributed by atoms with van der Waals surface area (Å²) in [6, 6.07) is 1.61. The number of ketones is 2. The van der Waals surface area contributed by atoms with Gasteiger partial charge in [-0.25, -0.2) is 0 Å². The third-order valence-corrected chi connectivity index (χ3v) is 6.23. The number of hydrogen-bond donors (Lipinski definition) is 2. The summed E-state index contributed by atoms with van der Waals surface area (Å²) in [5.74, 6) is -0.0520. The standard InChI is InChI=1S/C23H29NO8/c1-12-20(27)18-14-10-17-23(32-13(2)31-17)19(14)16(11-15(18)21(28)22(12)29-3)30-9-6-24(4-7-25)5-8-26/h11,13,17,23,25-26H,4-10H2,1-3H3. The van der Waals surface area contributed by atoms with Crippen LogP contribution in [0.1, 0.15) is 51.8 Å². The predicted molar refractivity (Wildman–Crippen MR) is 113 cm³/mol. The van der Waals surface area contributed by atoms with E-state index >= 15 is 0 Å². The molecule has 4 rings (SSSR count).